The number of rotatable bonds is 5. The van der Waals surface area contributed by atoms with Gasteiger partial charge in [-0.1, -0.05) is 18.1 Å². The van der Waals surface area contributed by atoms with E-state index in [0.717, 1.165) is 10.9 Å². The Hall–Kier alpha value is -2.58. The molecule has 0 unspecified atom stereocenters. The number of aliphatic carboxylic acids is 1. The molecule has 0 radical (unpaired) electrons. The van der Waals surface area contributed by atoms with Crippen molar-refractivity contribution >= 4 is 16.9 Å². The zero-order valence-electron chi connectivity index (χ0n) is 10.7. The van der Waals surface area contributed by atoms with Crippen molar-refractivity contribution in [3.63, 3.8) is 0 Å². The van der Waals surface area contributed by atoms with Gasteiger partial charge in [0.15, 0.2) is 0 Å². The lowest BCUT2D eigenvalue weighted by Crippen LogP contribution is -2.38. The monoisotopic (exact) mass is 270 g/mol. The van der Waals surface area contributed by atoms with E-state index in [-0.39, 0.29) is 18.7 Å². The Morgan fingerprint density at radius 2 is 2.25 bits per heavy atom. The van der Waals surface area contributed by atoms with E-state index in [1.54, 1.807) is 24.4 Å². The van der Waals surface area contributed by atoms with Gasteiger partial charge in [-0.15, -0.1) is 6.42 Å². The van der Waals surface area contributed by atoms with Crippen LogP contribution in [0.3, 0.4) is 0 Å². The second kappa shape index (κ2) is 6.04. The maximum atomic E-state index is 11.2. The van der Waals surface area contributed by atoms with Gasteiger partial charge in [-0.25, -0.2) is 0 Å². The van der Waals surface area contributed by atoms with Crippen molar-refractivity contribution in [2.75, 3.05) is 6.54 Å². The molecular weight excluding hydrogens is 256 g/mol. The molecule has 0 aliphatic carbocycles. The van der Waals surface area contributed by atoms with Gasteiger partial charge in [0.2, 0.25) is 0 Å². The van der Waals surface area contributed by atoms with Gasteiger partial charge in [-0.3, -0.25) is 15.1 Å². The van der Waals surface area contributed by atoms with Crippen molar-refractivity contribution in [3.8, 4) is 18.1 Å². The largest absolute Gasteiger partial charge is 0.506 e. The number of carbonyl (C=O) groups is 1. The Morgan fingerprint density at radius 3 is 2.95 bits per heavy atom. The van der Waals surface area contributed by atoms with Crippen LogP contribution >= 0.6 is 0 Å². The van der Waals surface area contributed by atoms with Crippen molar-refractivity contribution in [2.24, 2.45) is 0 Å². The van der Waals surface area contributed by atoms with Crippen LogP contribution in [0.15, 0.2) is 30.5 Å². The second-order valence-corrected chi connectivity index (χ2v) is 4.32. The summed E-state index contributed by atoms with van der Waals surface area (Å²) < 4.78 is 0. The first-order valence-corrected chi connectivity index (χ1v) is 6.08. The molecule has 5 heteroatoms. The molecule has 0 fully saturated rings. The predicted molar refractivity (Wildman–Crippen MR) is 75.4 cm³/mol. The number of fused-ring (bicyclic) bond motifs is 1. The maximum absolute atomic E-state index is 11.2. The van der Waals surface area contributed by atoms with Crippen LogP contribution in [0.2, 0.25) is 0 Å². The smallest absolute Gasteiger partial charge is 0.321 e. The number of benzene rings is 1. The van der Waals surface area contributed by atoms with Crippen molar-refractivity contribution in [1.82, 2.24) is 10.3 Å². The molecule has 20 heavy (non-hydrogen) atoms. The second-order valence-electron chi connectivity index (χ2n) is 4.32. The van der Waals surface area contributed by atoms with Crippen LogP contribution < -0.4 is 5.32 Å². The van der Waals surface area contributed by atoms with Crippen LogP contribution in [0, 0.1) is 12.3 Å². The number of terminal acetylenes is 1. The molecule has 1 heterocycles. The average Bonchev–Trinajstić information content (AvgIpc) is 2.45. The zero-order valence-corrected chi connectivity index (χ0v) is 10.7. The number of hydrogen-bond acceptors (Lipinski definition) is 4. The van der Waals surface area contributed by atoms with E-state index < -0.39 is 12.0 Å². The summed E-state index contributed by atoms with van der Waals surface area (Å²) in [7, 11) is 0. The predicted octanol–water partition coefficient (Wildman–Crippen LogP) is 1.16. The molecule has 3 N–H and O–H groups in total. The number of aromatic nitrogens is 1. The SMILES string of the molecule is C#CCN[C@@H](Cc1ccc(O)c2ncccc12)C(=O)O. The first kappa shape index (κ1) is 13.8. The number of nitrogens with zero attached hydrogens (tertiary/aromatic N) is 1. The van der Waals surface area contributed by atoms with Gasteiger partial charge in [0.25, 0.3) is 0 Å². The van der Waals surface area contributed by atoms with E-state index in [0.29, 0.717) is 5.52 Å². The number of carboxylic acid groups (broad SMARTS) is 1. The first-order chi connectivity index (χ1) is 9.63. The summed E-state index contributed by atoms with van der Waals surface area (Å²) in [6.45, 7) is 0.186. The van der Waals surface area contributed by atoms with Gasteiger partial charge in [0.05, 0.1) is 6.54 Å². The van der Waals surface area contributed by atoms with Gasteiger partial charge >= 0.3 is 5.97 Å². The Bertz CT molecular complexity index is 676. The molecule has 0 amide bonds. The van der Waals surface area contributed by atoms with Gasteiger partial charge < -0.3 is 10.2 Å². The van der Waals surface area contributed by atoms with E-state index in [4.69, 9.17) is 6.42 Å². The number of carboxylic acids is 1. The highest BCUT2D eigenvalue weighted by atomic mass is 16.4. The van der Waals surface area contributed by atoms with E-state index in [2.05, 4.69) is 16.2 Å². The minimum atomic E-state index is -0.967. The topological polar surface area (TPSA) is 82.5 Å². The summed E-state index contributed by atoms with van der Waals surface area (Å²) in [5.74, 6) is 1.47. The molecule has 2 rings (SSSR count). The van der Waals surface area contributed by atoms with Gasteiger partial charge in [-0.2, -0.15) is 0 Å². The maximum Gasteiger partial charge on any atom is 0.321 e. The number of hydrogen-bond donors (Lipinski definition) is 3. The summed E-state index contributed by atoms with van der Waals surface area (Å²) in [6.07, 6.45) is 6.98. The standard InChI is InChI=1S/C15H14N2O3/c1-2-7-16-12(15(19)20)9-10-5-6-13(18)14-11(10)4-3-8-17-14/h1,3-6,8,12,16,18H,7,9H2,(H,19,20)/t12-/m0/s1. The highest BCUT2D eigenvalue weighted by Crippen LogP contribution is 2.26. The lowest BCUT2D eigenvalue weighted by Gasteiger charge is -2.14. The van der Waals surface area contributed by atoms with Crippen LogP contribution in [0.25, 0.3) is 10.9 Å². The fourth-order valence-corrected chi connectivity index (χ4v) is 2.04. The molecule has 0 bridgehead atoms. The van der Waals surface area contributed by atoms with Crippen molar-refractivity contribution in [2.45, 2.75) is 12.5 Å². The number of phenols is 1. The fourth-order valence-electron chi connectivity index (χ4n) is 2.04. The van der Waals surface area contributed by atoms with Crippen LogP contribution in [0.1, 0.15) is 5.56 Å². The van der Waals surface area contributed by atoms with E-state index in [9.17, 15) is 15.0 Å². The first-order valence-electron chi connectivity index (χ1n) is 6.08. The fraction of sp³-hybridized carbons (Fsp3) is 0.200. The highest BCUT2D eigenvalue weighted by molar-refractivity contribution is 5.87. The van der Waals surface area contributed by atoms with Crippen molar-refractivity contribution < 1.29 is 15.0 Å². The molecule has 0 spiro atoms. The molecule has 1 aromatic heterocycles. The van der Waals surface area contributed by atoms with E-state index in [1.807, 2.05) is 0 Å². The molecule has 0 aliphatic heterocycles. The summed E-state index contributed by atoms with van der Waals surface area (Å²) in [5, 5.41) is 22.5. The Balaban J connectivity index is 2.35. The zero-order chi connectivity index (χ0) is 14.5. The normalized spacial score (nSPS) is 11.9. The summed E-state index contributed by atoms with van der Waals surface area (Å²) in [5.41, 5.74) is 1.26. The van der Waals surface area contributed by atoms with Gasteiger partial charge in [0, 0.05) is 11.6 Å². The van der Waals surface area contributed by atoms with E-state index in [1.165, 1.54) is 6.07 Å². The Labute approximate surface area is 116 Å². The molecule has 2 aromatic rings. The molecule has 1 atom stereocenters. The number of pyridine rings is 1. The Kier molecular flexibility index (Phi) is 4.18. The third kappa shape index (κ3) is 2.87. The van der Waals surface area contributed by atoms with Crippen LogP contribution in [-0.2, 0) is 11.2 Å². The molecule has 0 aliphatic rings. The number of aromatic hydroxyl groups is 1. The third-order valence-corrected chi connectivity index (χ3v) is 3.01. The van der Waals surface area contributed by atoms with Gasteiger partial charge in [0.1, 0.15) is 17.3 Å². The number of phenolic OH excluding ortho intramolecular Hbond substituents is 1. The van der Waals surface area contributed by atoms with Crippen molar-refractivity contribution in [1.29, 1.82) is 0 Å². The van der Waals surface area contributed by atoms with Crippen LogP contribution in [0.4, 0.5) is 0 Å². The summed E-state index contributed by atoms with van der Waals surface area (Å²) in [4.78, 5) is 15.3. The van der Waals surface area contributed by atoms with E-state index >= 15 is 0 Å². The van der Waals surface area contributed by atoms with Gasteiger partial charge in [-0.05, 0) is 24.1 Å². The molecule has 5 nitrogen and oxygen atoms in total. The van der Waals surface area contributed by atoms with Crippen LogP contribution in [-0.4, -0.2) is 33.8 Å². The quantitative estimate of drug-likeness (QED) is 0.710. The molecule has 102 valence electrons. The minimum absolute atomic E-state index is 0.0767. The molecular formula is C15H14N2O3. The van der Waals surface area contributed by atoms with Crippen LogP contribution in [0.5, 0.6) is 5.75 Å². The molecule has 0 saturated heterocycles. The lowest BCUT2D eigenvalue weighted by molar-refractivity contribution is -0.139. The minimum Gasteiger partial charge on any atom is -0.506 e. The summed E-state index contributed by atoms with van der Waals surface area (Å²) in [6, 6.07) is 5.99. The third-order valence-electron chi connectivity index (χ3n) is 3.01. The number of nitrogens with one attached hydrogen (secondary N) is 1. The molecule has 0 saturated carbocycles. The lowest BCUT2D eigenvalue weighted by atomic mass is 10.0. The Morgan fingerprint density at radius 1 is 1.45 bits per heavy atom. The van der Waals surface area contributed by atoms with Crippen molar-refractivity contribution in [3.05, 3.63) is 36.0 Å². The molecule has 1 aromatic carbocycles. The highest BCUT2D eigenvalue weighted by Gasteiger charge is 2.18. The average molecular weight is 270 g/mol. The summed E-state index contributed by atoms with van der Waals surface area (Å²) >= 11 is 0.